The summed E-state index contributed by atoms with van der Waals surface area (Å²) in [4.78, 5) is 90.1. The van der Waals surface area contributed by atoms with Gasteiger partial charge in [-0.3, -0.25) is 68.8 Å². The van der Waals surface area contributed by atoms with E-state index >= 15 is 0 Å². The van der Waals surface area contributed by atoms with Gasteiger partial charge in [-0.25, -0.2) is 71.8 Å². The van der Waals surface area contributed by atoms with E-state index in [0.717, 1.165) is 98.8 Å². The van der Waals surface area contributed by atoms with Crippen molar-refractivity contribution < 1.29 is 28.8 Å². The fourth-order valence-corrected chi connectivity index (χ4v) is 18.0. The average molecular weight is 2080 g/mol. The number of fused-ring (bicyclic) bond motifs is 1. The van der Waals surface area contributed by atoms with Crippen LogP contribution in [0.3, 0.4) is 0 Å². The number of para-hydroxylation sites is 6. The highest BCUT2D eigenvalue weighted by Gasteiger charge is 2.20. The number of carbonyl (C=O) groups excluding carboxylic acids is 6. The number of nitrogens with zero attached hydrogens (tertiary/aromatic N) is 16. The van der Waals surface area contributed by atoms with Gasteiger partial charge >= 0.3 is 36.2 Å². The Balaban J connectivity index is 0.000000126. The second-order valence-corrected chi connectivity index (χ2v) is 37.6. The molecule has 8 aromatic carbocycles. The van der Waals surface area contributed by atoms with Crippen molar-refractivity contribution in [2.45, 2.75) is 41.5 Å². The van der Waals surface area contributed by atoms with Crippen LogP contribution in [-0.2, 0) is 0 Å². The second-order valence-electron chi connectivity index (χ2n) is 29.4. The number of anilines is 12. The number of hydrogen-bond acceptors (Lipinski definition) is 22. The zero-order valence-corrected chi connectivity index (χ0v) is 82.1. The normalized spacial score (nSPS) is 10.5. The number of nitrogens with one attached hydrogen (secondary N) is 12. The summed E-state index contributed by atoms with van der Waals surface area (Å²) in [7, 11) is 0. The van der Waals surface area contributed by atoms with E-state index in [-0.39, 0.29) is 36.2 Å². The van der Waals surface area contributed by atoms with Crippen molar-refractivity contribution in [1.82, 2.24) is 78.6 Å². The van der Waals surface area contributed by atoms with Crippen LogP contribution >= 0.6 is 99.9 Å². The van der Waals surface area contributed by atoms with Gasteiger partial charge in [-0.15, -0.1) is 56.7 Å². The fraction of sp³-hybridized carbons (Fsp3) is 0.0625. The molecule has 0 unspecified atom stereocenters. The smallest absolute Gasteiger partial charge is 0.299 e. The van der Waals surface area contributed by atoms with Crippen LogP contribution in [0, 0.1) is 41.5 Å². The van der Waals surface area contributed by atoms with Crippen molar-refractivity contribution in [2.75, 3.05) is 63.8 Å². The molecule has 42 heteroatoms. The lowest BCUT2D eigenvalue weighted by molar-refractivity contribution is 0.261. The first-order valence-corrected chi connectivity index (χ1v) is 48.6. The summed E-state index contributed by atoms with van der Waals surface area (Å²) < 4.78 is 12.8. The molecule has 694 valence electrons. The van der Waals surface area contributed by atoms with Gasteiger partial charge in [-0.1, -0.05) is 169 Å². The van der Waals surface area contributed by atoms with E-state index in [4.69, 9.17) is 0 Å². The quantitative estimate of drug-likeness (QED) is 0.0358. The van der Waals surface area contributed by atoms with Crippen molar-refractivity contribution in [1.29, 1.82) is 0 Å². The third-order valence-electron chi connectivity index (χ3n) is 18.8. The number of urea groups is 6. The largest absolute Gasteiger partial charge is 0.326 e. The second kappa shape index (κ2) is 47.1. The van der Waals surface area contributed by atoms with E-state index in [1.165, 1.54) is 56.7 Å². The molecule has 12 N–H and O–H groups in total. The number of rotatable bonds is 19. The summed E-state index contributed by atoms with van der Waals surface area (Å²) in [5, 5.41) is 67.6. The topological polar surface area (TPSA) is 405 Å². The van der Waals surface area contributed by atoms with Crippen molar-refractivity contribution in [3.63, 3.8) is 0 Å². The molecule has 34 nitrogen and oxygen atoms in total. The minimum Gasteiger partial charge on any atom is -0.299 e. The molecule has 0 spiro atoms. The lowest BCUT2D eigenvalue weighted by atomic mass is 10.2. The number of benzene rings is 8. The zero-order chi connectivity index (χ0) is 96.2. The predicted molar refractivity (Wildman–Crippen MR) is 561 cm³/mol. The van der Waals surface area contributed by atoms with E-state index in [2.05, 4.69) is 158 Å². The summed E-state index contributed by atoms with van der Waals surface area (Å²) in [6.07, 6.45) is 3.19. The van der Waals surface area contributed by atoms with E-state index in [0.29, 0.717) is 64.4 Å². The summed E-state index contributed by atoms with van der Waals surface area (Å²) in [5.41, 5.74) is 14.7. The minimum atomic E-state index is -0.366. The third kappa shape index (κ3) is 27.5. The third-order valence-corrected chi connectivity index (χ3v) is 24.9. The van der Waals surface area contributed by atoms with Crippen molar-refractivity contribution >= 4 is 213 Å². The fourth-order valence-electron chi connectivity index (χ4n) is 13.1. The number of aryl methyl sites for hydroxylation is 6. The van der Waals surface area contributed by atoms with E-state index in [9.17, 15) is 28.8 Å². The molecular weight excluding hydrogens is 1990 g/mol. The zero-order valence-electron chi connectivity index (χ0n) is 74.0. The Morgan fingerprint density at radius 2 is 0.623 bits per heavy atom. The maximum absolute atomic E-state index is 12.5. The predicted octanol–water partition coefficient (Wildman–Crippen LogP) is 25.2. The van der Waals surface area contributed by atoms with E-state index < -0.39 is 0 Å². The molecule has 138 heavy (non-hydrogen) atoms. The van der Waals surface area contributed by atoms with Crippen LogP contribution in [0.15, 0.2) is 333 Å². The number of thiophene rings is 2. The molecule has 0 fully saturated rings. The van der Waals surface area contributed by atoms with Gasteiger partial charge in [-0.05, 0) is 181 Å². The standard InChI is InChI=1S/C21H18N4OS.C19H16N4OS.2C14H12BrN5OS.2C14H13N5OS/c1-15-14-19(25(24-15)17-10-6-3-7-11-17)22-21(26)23-20-13-12-18(27-20)16-8-4-2-5-9-16;1-13-11-17(23(22-13)15-8-3-2-4-9-15)20-19(24)21-18-12-14-7-5-6-10-16(14)25-18;1-9-7-12(20(19-9)10-5-3-2-4-6-10)18-14(21)17-11-8-22-13(15)16-11;1-9-7-11(20(19-9)10-5-3-2-4-6-10)17-14(21)18-12-8-16-13(15)22-12;1-10-7-13(17-14(20)16-12-8-21-9-15-12)19(18-10)11-5-3-2-4-6-11;1-10-7-12(16-14(20)17-13-8-15-9-21-13)19(18-10)11-5-3-2-4-6-11/h2-14H,1H3,(H2,22,23,26);2-12H,1H3,(H2,20,21,24);2*2-8H,1H3,(H2,17,18,21);2*2-9H,1H3,(H2,16,17,20). The molecule has 0 saturated carbocycles. The number of halogens is 2. The number of amides is 12. The van der Waals surface area contributed by atoms with Gasteiger partial charge in [0, 0.05) is 56.7 Å². The summed E-state index contributed by atoms with van der Waals surface area (Å²) in [6, 6.07) is 91.0. The van der Waals surface area contributed by atoms with Gasteiger partial charge in [0.2, 0.25) is 0 Å². The molecule has 0 aliphatic heterocycles. The summed E-state index contributed by atoms with van der Waals surface area (Å²) >= 11 is 15.1. The van der Waals surface area contributed by atoms with Gasteiger partial charge in [0.1, 0.15) is 56.5 Å². The molecule has 0 radical (unpaired) electrons. The van der Waals surface area contributed by atoms with Crippen molar-refractivity contribution in [2.24, 2.45) is 0 Å². The molecule has 0 atom stereocenters. The van der Waals surface area contributed by atoms with Crippen LogP contribution in [-0.4, -0.2) is 115 Å². The Hall–Kier alpha value is -16.2. The molecule has 12 aromatic heterocycles. The molecule has 12 heterocycles. The Labute approximate surface area is 830 Å². The molecule has 12 amide bonds. The van der Waals surface area contributed by atoms with Gasteiger partial charge in [0.25, 0.3) is 0 Å². The summed E-state index contributed by atoms with van der Waals surface area (Å²) in [5.74, 6) is 4.68. The Bertz CT molecular complexity index is 7120. The van der Waals surface area contributed by atoms with Gasteiger partial charge in [0.05, 0.1) is 102 Å². The Morgan fingerprint density at radius 3 is 0.957 bits per heavy atom. The number of thiazole rings is 4. The average Bonchev–Trinajstić information content (AvgIpc) is 1.70. The number of hydrogen-bond donors (Lipinski definition) is 12. The van der Waals surface area contributed by atoms with Gasteiger partial charge in [0.15, 0.2) is 7.83 Å². The van der Waals surface area contributed by atoms with Crippen LogP contribution in [0.25, 0.3) is 54.7 Å². The molecule has 0 bridgehead atoms. The number of aromatic nitrogens is 16. The van der Waals surface area contributed by atoms with Gasteiger partial charge < -0.3 is 0 Å². The first kappa shape index (κ1) is 96.4. The molecule has 20 aromatic rings. The maximum Gasteiger partial charge on any atom is 0.326 e. The van der Waals surface area contributed by atoms with Crippen LogP contribution in [0.5, 0.6) is 0 Å². The molecule has 0 aliphatic rings. The van der Waals surface area contributed by atoms with Gasteiger partial charge in [-0.2, -0.15) is 30.6 Å². The van der Waals surface area contributed by atoms with E-state index in [1.54, 1.807) is 73.6 Å². The van der Waals surface area contributed by atoms with Crippen LogP contribution in [0.4, 0.5) is 95.3 Å². The Morgan fingerprint density at radius 1 is 0.283 bits per heavy atom. The monoisotopic (exact) mass is 2070 g/mol. The lowest BCUT2D eigenvalue weighted by Gasteiger charge is -2.09. The van der Waals surface area contributed by atoms with Crippen molar-refractivity contribution in [3.8, 4) is 44.6 Å². The molecule has 0 aliphatic carbocycles. The summed E-state index contributed by atoms with van der Waals surface area (Å²) in [6.45, 7) is 11.3. The molecule has 20 rings (SSSR count). The molecular formula is C96H84Br2N28O6S6. The van der Waals surface area contributed by atoms with Crippen LogP contribution < -0.4 is 63.8 Å². The Kier molecular flexibility index (Phi) is 32.9. The first-order chi connectivity index (χ1) is 67.0. The van der Waals surface area contributed by atoms with Crippen molar-refractivity contribution in [3.05, 3.63) is 367 Å². The molecule has 0 saturated heterocycles. The highest BCUT2D eigenvalue weighted by atomic mass is 79.9. The minimum absolute atomic E-state index is 0.288. The highest BCUT2D eigenvalue weighted by Crippen LogP contribution is 2.34. The lowest BCUT2D eigenvalue weighted by Crippen LogP contribution is -2.21. The van der Waals surface area contributed by atoms with Crippen LogP contribution in [0.2, 0.25) is 0 Å². The number of carbonyl (C=O) groups is 6. The highest BCUT2D eigenvalue weighted by molar-refractivity contribution is 9.11. The van der Waals surface area contributed by atoms with E-state index in [1.807, 2.05) is 321 Å². The maximum atomic E-state index is 12.5. The van der Waals surface area contributed by atoms with Crippen LogP contribution in [0.1, 0.15) is 34.2 Å². The first-order valence-electron chi connectivity index (χ1n) is 41.9. The SMILES string of the molecule is Cc1cc(NC(=O)Nc2cc3ccccc3s2)n(-c2ccccc2)n1.Cc1cc(NC(=O)Nc2ccc(-c3ccccc3)s2)n(-c2ccccc2)n1.Cc1cc(NC(=O)Nc2cnc(Br)s2)n(-c2ccccc2)n1.Cc1cc(NC(=O)Nc2cncs2)n(-c2ccccc2)n1.Cc1cc(NC(=O)Nc2csc(Br)n2)n(-c2ccccc2)n1.Cc1cc(NC(=O)Nc2cscn2)n(-c2ccccc2)n1.